The number of nitrogens with one attached hydrogen (secondary N) is 1. The maximum absolute atomic E-state index is 10.2. The molecule has 0 radical (unpaired) electrons. The fraction of sp³-hybridized carbons (Fsp3) is 1.00. The van der Waals surface area contributed by atoms with Crippen molar-refractivity contribution in [1.29, 1.82) is 0 Å². The van der Waals surface area contributed by atoms with Gasteiger partial charge in [-0.1, -0.05) is 0 Å². The highest BCUT2D eigenvalue weighted by molar-refractivity contribution is 5.20. The Kier molecular flexibility index (Phi) is 1.42. The second kappa shape index (κ2) is 2.25. The first kappa shape index (κ1) is 8.17. The fourth-order valence-corrected chi connectivity index (χ4v) is 2.92. The van der Waals surface area contributed by atoms with Crippen LogP contribution in [0.3, 0.4) is 0 Å². The van der Waals surface area contributed by atoms with Crippen LogP contribution >= 0.6 is 0 Å². The molecule has 3 aliphatic heterocycles. The van der Waals surface area contributed by atoms with Crippen LogP contribution in [0, 0.1) is 0 Å². The van der Waals surface area contributed by atoms with Gasteiger partial charge < -0.3 is 20.9 Å². The molecule has 3 fully saturated rings. The molecule has 0 aromatic rings. The number of hydrogen-bond donors (Lipinski definition) is 3. The van der Waals surface area contributed by atoms with Crippen molar-refractivity contribution in [2.75, 3.05) is 13.1 Å². The van der Waals surface area contributed by atoms with Crippen LogP contribution in [-0.2, 0) is 4.74 Å². The van der Waals surface area contributed by atoms with E-state index in [0.29, 0.717) is 19.2 Å². The Morgan fingerprint density at radius 3 is 2.54 bits per heavy atom. The predicted octanol–water partition coefficient (Wildman–Crippen LogP) is -1.03. The Balaban J connectivity index is 1.89. The number of β-amino-alcohol motifs (C(OH)–C–C–N with tert-alkyl or cyclic N) is 1. The van der Waals surface area contributed by atoms with Crippen molar-refractivity contribution in [3.05, 3.63) is 0 Å². The molecule has 3 aliphatic rings. The Morgan fingerprint density at radius 2 is 2.15 bits per heavy atom. The largest absolute Gasteiger partial charge is 0.385 e. The third kappa shape index (κ3) is 0.845. The van der Waals surface area contributed by atoms with Crippen LogP contribution in [0.4, 0.5) is 0 Å². The zero-order chi connectivity index (χ0) is 9.10. The van der Waals surface area contributed by atoms with Gasteiger partial charge in [-0.05, 0) is 19.3 Å². The van der Waals surface area contributed by atoms with Crippen molar-refractivity contribution in [3.63, 3.8) is 0 Å². The third-order valence-electron chi connectivity index (χ3n) is 3.95. The highest BCUT2D eigenvalue weighted by Crippen LogP contribution is 2.46. The molecule has 3 unspecified atom stereocenters. The summed E-state index contributed by atoms with van der Waals surface area (Å²) in [6.07, 6.45) is 3.36. The monoisotopic (exact) mass is 184 g/mol. The van der Waals surface area contributed by atoms with Crippen molar-refractivity contribution in [2.24, 2.45) is 5.73 Å². The van der Waals surface area contributed by atoms with Crippen molar-refractivity contribution in [2.45, 2.75) is 42.6 Å². The minimum Gasteiger partial charge on any atom is -0.385 e. The van der Waals surface area contributed by atoms with Crippen LogP contribution in [0.15, 0.2) is 0 Å². The van der Waals surface area contributed by atoms with Gasteiger partial charge >= 0.3 is 0 Å². The van der Waals surface area contributed by atoms with Gasteiger partial charge in [0.25, 0.3) is 0 Å². The lowest BCUT2D eigenvalue weighted by atomic mass is 9.67. The first-order chi connectivity index (χ1) is 6.14. The standard InChI is InChI=1S/C9H16N2O2/c10-9(8(12)4-11-5-8)3-6-1-2-7(9)13-6/h6-7,11-12H,1-5,10H2. The van der Waals surface area contributed by atoms with Gasteiger partial charge in [0, 0.05) is 13.1 Å². The molecular weight excluding hydrogens is 168 g/mol. The smallest absolute Gasteiger partial charge is 0.110 e. The Bertz CT molecular complexity index is 242. The average molecular weight is 184 g/mol. The van der Waals surface area contributed by atoms with Crippen LogP contribution in [0.5, 0.6) is 0 Å². The Morgan fingerprint density at radius 1 is 1.38 bits per heavy atom. The first-order valence-electron chi connectivity index (χ1n) is 5.01. The minimum absolute atomic E-state index is 0.0876. The molecule has 0 aromatic carbocycles. The normalized spacial score (nSPS) is 52.2. The SMILES string of the molecule is NC1(C2(O)CNC2)CC2CCC1O2. The zero-order valence-corrected chi connectivity index (χ0v) is 7.62. The number of aliphatic hydroxyl groups is 1. The zero-order valence-electron chi connectivity index (χ0n) is 7.62. The van der Waals surface area contributed by atoms with E-state index in [2.05, 4.69) is 5.32 Å². The van der Waals surface area contributed by atoms with Crippen LogP contribution in [0.25, 0.3) is 0 Å². The maximum Gasteiger partial charge on any atom is 0.110 e. The Hall–Kier alpha value is -0.160. The molecule has 0 aromatic heterocycles. The van der Waals surface area contributed by atoms with Crippen molar-refractivity contribution in [1.82, 2.24) is 5.32 Å². The molecule has 0 aliphatic carbocycles. The molecule has 3 atom stereocenters. The molecule has 0 saturated carbocycles. The lowest BCUT2D eigenvalue weighted by Gasteiger charge is -2.51. The van der Waals surface area contributed by atoms with Crippen LogP contribution in [0.2, 0.25) is 0 Å². The predicted molar refractivity (Wildman–Crippen MR) is 47.2 cm³/mol. The molecule has 0 spiro atoms. The minimum atomic E-state index is -0.715. The summed E-state index contributed by atoms with van der Waals surface area (Å²) in [4.78, 5) is 0. The third-order valence-corrected chi connectivity index (χ3v) is 3.95. The van der Waals surface area contributed by atoms with Gasteiger partial charge in [-0.25, -0.2) is 0 Å². The molecule has 2 bridgehead atoms. The summed E-state index contributed by atoms with van der Waals surface area (Å²) in [5.74, 6) is 0. The molecule has 13 heavy (non-hydrogen) atoms. The lowest BCUT2D eigenvalue weighted by molar-refractivity contribution is -0.0975. The number of nitrogens with two attached hydrogens (primary N) is 1. The first-order valence-corrected chi connectivity index (χ1v) is 5.01. The van der Waals surface area contributed by atoms with Crippen LogP contribution in [0.1, 0.15) is 19.3 Å². The second-order valence-electron chi connectivity index (χ2n) is 4.70. The van der Waals surface area contributed by atoms with E-state index in [0.717, 1.165) is 19.3 Å². The fourth-order valence-electron chi connectivity index (χ4n) is 2.92. The topological polar surface area (TPSA) is 67.5 Å². The molecule has 4 heteroatoms. The summed E-state index contributed by atoms with van der Waals surface area (Å²) in [6.45, 7) is 1.24. The van der Waals surface area contributed by atoms with Crippen LogP contribution < -0.4 is 11.1 Å². The van der Waals surface area contributed by atoms with Crippen molar-refractivity contribution < 1.29 is 9.84 Å². The van der Waals surface area contributed by atoms with E-state index >= 15 is 0 Å². The van der Waals surface area contributed by atoms with E-state index in [1.165, 1.54) is 0 Å². The summed E-state index contributed by atoms with van der Waals surface area (Å²) in [5.41, 5.74) is 5.07. The highest BCUT2D eigenvalue weighted by atomic mass is 16.5. The molecule has 0 amide bonds. The van der Waals surface area contributed by atoms with Gasteiger partial charge in [-0.15, -0.1) is 0 Å². The summed E-state index contributed by atoms with van der Waals surface area (Å²) >= 11 is 0. The average Bonchev–Trinajstić information content (AvgIpc) is 2.59. The van der Waals surface area contributed by atoms with Gasteiger partial charge in [0.2, 0.25) is 0 Å². The molecule has 74 valence electrons. The van der Waals surface area contributed by atoms with E-state index in [9.17, 15) is 5.11 Å². The molecule has 3 rings (SSSR count). The van der Waals surface area contributed by atoms with Gasteiger partial charge in [0.05, 0.1) is 17.7 Å². The van der Waals surface area contributed by atoms with Gasteiger partial charge in [-0.2, -0.15) is 0 Å². The number of ether oxygens (including phenoxy) is 1. The maximum atomic E-state index is 10.2. The van der Waals surface area contributed by atoms with Crippen LogP contribution in [-0.4, -0.2) is 41.5 Å². The van der Waals surface area contributed by atoms with Crippen molar-refractivity contribution >= 4 is 0 Å². The number of fused-ring (bicyclic) bond motifs is 2. The van der Waals surface area contributed by atoms with Gasteiger partial charge in [-0.3, -0.25) is 0 Å². The quantitative estimate of drug-likeness (QED) is 0.487. The van der Waals surface area contributed by atoms with E-state index in [1.54, 1.807) is 0 Å². The van der Waals surface area contributed by atoms with E-state index in [1.807, 2.05) is 0 Å². The number of rotatable bonds is 1. The van der Waals surface area contributed by atoms with Crippen molar-refractivity contribution in [3.8, 4) is 0 Å². The molecular formula is C9H16N2O2. The van der Waals surface area contributed by atoms with E-state index in [-0.39, 0.29) is 6.10 Å². The summed E-state index contributed by atoms with van der Waals surface area (Å²) in [5, 5.41) is 13.3. The lowest BCUT2D eigenvalue weighted by Crippen LogP contribution is -2.78. The molecule has 3 saturated heterocycles. The molecule has 4 N–H and O–H groups in total. The summed E-state index contributed by atoms with van der Waals surface area (Å²) in [7, 11) is 0. The second-order valence-corrected chi connectivity index (χ2v) is 4.70. The molecule has 4 nitrogen and oxygen atoms in total. The highest BCUT2D eigenvalue weighted by Gasteiger charge is 2.62. The van der Waals surface area contributed by atoms with Gasteiger partial charge in [0.15, 0.2) is 0 Å². The van der Waals surface area contributed by atoms with E-state index < -0.39 is 11.1 Å². The molecule has 3 heterocycles. The Labute approximate surface area is 77.4 Å². The number of hydrogen-bond acceptors (Lipinski definition) is 4. The summed E-state index contributed by atoms with van der Waals surface area (Å²) < 4.78 is 5.70. The van der Waals surface area contributed by atoms with E-state index in [4.69, 9.17) is 10.5 Å². The summed E-state index contributed by atoms with van der Waals surface area (Å²) in [6, 6.07) is 0. The van der Waals surface area contributed by atoms with Gasteiger partial charge in [0.1, 0.15) is 5.60 Å².